The van der Waals surface area contributed by atoms with Gasteiger partial charge >= 0.3 is 6.03 Å². The maximum atomic E-state index is 13.5. The summed E-state index contributed by atoms with van der Waals surface area (Å²) in [7, 11) is 0. The van der Waals surface area contributed by atoms with Crippen molar-refractivity contribution in [1.82, 2.24) is 10.2 Å². The van der Waals surface area contributed by atoms with Crippen molar-refractivity contribution in [3.05, 3.63) is 62.4 Å². The molecule has 2 aliphatic heterocycles. The summed E-state index contributed by atoms with van der Waals surface area (Å²) in [5.41, 5.74) is 1.98. The minimum Gasteiger partial charge on any atom is -0.378 e. The Kier molecular flexibility index (Phi) is 5.52. The number of para-hydroxylation sites is 1. The molecule has 2 aliphatic rings. The number of halogens is 1. The van der Waals surface area contributed by atoms with E-state index in [1.54, 1.807) is 9.80 Å². The molecule has 0 unspecified atom stereocenters. The van der Waals surface area contributed by atoms with Gasteiger partial charge in [0, 0.05) is 23.7 Å². The zero-order valence-corrected chi connectivity index (χ0v) is 17.8. The SMILES string of the molecule is CC1=C(C(=O)N2CCOCC2)[C@H](c2ccc(Br)s2)NC(=O)N1c1ccccc1. The molecule has 1 aromatic carbocycles. The van der Waals surface area contributed by atoms with E-state index in [-0.39, 0.29) is 11.9 Å². The second-order valence-electron chi connectivity index (χ2n) is 6.60. The van der Waals surface area contributed by atoms with Crippen molar-refractivity contribution >= 4 is 44.9 Å². The van der Waals surface area contributed by atoms with Crippen LogP contribution in [0.1, 0.15) is 17.8 Å². The largest absolute Gasteiger partial charge is 0.378 e. The number of benzene rings is 1. The van der Waals surface area contributed by atoms with Crippen molar-refractivity contribution in [2.45, 2.75) is 13.0 Å². The molecule has 146 valence electrons. The Hall–Kier alpha value is -2.16. The second kappa shape index (κ2) is 8.06. The number of amides is 3. The lowest BCUT2D eigenvalue weighted by Crippen LogP contribution is -2.51. The van der Waals surface area contributed by atoms with Crippen LogP contribution >= 0.6 is 27.3 Å². The molecule has 1 aromatic heterocycles. The lowest BCUT2D eigenvalue weighted by atomic mass is 9.98. The van der Waals surface area contributed by atoms with Crippen molar-refractivity contribution in [2.75, 3.05) is 31.2 Å². The molecule has 0 bridgehead atoms. The van der Waals surface area contributed by atoms with Gasteiger partial charge in [-0.2, -0.15) is 0 Å². The Labute approximate surface area is 175 Å². The minimum atomic E-state index is -0.473. The molecule has 1 N–H and O–H groups in total. The number of urea groups is 1. The van der Waals surface area contributed by atoms with Crippen LogP contribution in [-0.2, 0) is 9.53 Å². The summed E-state index contributed by atoms with van der Waals surface area (Å²) >= 11 is 5.00. The summed E-state index contributed by atoms with van der Waals surface area (Å²) in [5, 5.41) is 3.04. The number of nitrogens with zero attached hydrogens (tertiary/aromatic N) is 2. The number of allylic oxidation sites excluding steroid dienone is 1. The zero-order valence-electron chi connectivity index (χ0n) is 15.4. The van der Waals surface area contributed by atoms with Crippen molar-refractivity contribution in [1.29, 1.82) is 0 Å². The highest BCUT2D eigenvalue weighted by Crippen LogP contribution is 2.38. The smallest absolute Gasteiger partial charge is 0.327 e. The van der Waals surface area contributed by atoms with Gasteiger partial charge in [0.15, 0.2) is 0 Å². The summed E-state index contributed by atoms with van der Waals surface area (Å²) in [4.78, 5) is 30.7. The van der Waals surface area contributed by atoms with Crippen molar-refractivity contribution in [3.63, 3.8) is 0 Å². The summed E-state index contributed by atoms with van der Waals surface area (Å²) in [5.74, 6) is -0.0590. The Balaban J connectivity index is 1.80. The summed E-state index contributed by atoms with van der Waals surface area (Å²) in [6, 6.07) is 12.5. The summed E-state index contributed by atoms with van der Waals surface area (Å²) < 4.78 is 6.35. The predicted octanol–water partition coefficient (Wildman–Crippen LogP) is 3.91. The van der Waals surface area contributed by atoms with E-state index in [4.69, 9.17) is 4.74 Å². The van der Waals surface area contributed by atoms with Crippen LogP contribution in [0.5, 0.6) is 0 Å². The van der Waals surface area contributed by atoms with Gasteiger partial charge < -0.3 is 15.0 Å². The van der Waals surface area contributed by atoms with Gasteiger partial charge in [-0.15, -0.1) is 11.3 Å². The number of rotatable bonds is 3. The highest BCUT2D eigenvalue weighted by atomic mass is 79.9. The Morgan fingerprint density at radius 1 is 1.18 bits per heavy atom. The van der Waals surface area contributed by atoms with Crippen LogP contribution < -0.4 is 10.2 Å². The molecule has 3 amide bonds. The predicted molar refractivity (Wildman–Crippen MR) is 112 cm³/mol. The number of thiophene rings is 1. The molecule has 1 saturated heterocycles. The van der Waals surface area contributed by atoms with E-state index in [1.165, 1.54) is 11.3 Å². The third-order valence-electron chi connectivity index (χ3n) is 4.91. The maximum Gasteiger partial charge on any atom is 0.327 e. The number of ether oxygens (including phenoxy) is 1. The standard InChI is InChI=1S/C20H20BrN3O3S/c1-13-17(19(25)23-9-11-27-12-10-23)18(15-7-8-16(21)28-15)22-20(26)24(13)14-5-3-2-4-6-14/h2-8,18H,9-12H2,1H3,(H,22,26)/t18-/m0/s1. The van der Waals surface area contributed by atoms with Gasteiger partial charge in [0.1, 0.15) is 0 Å². The van der Waals surface area contributed by atoms with Crippen LogP contribution in [0.4, 0.5) is 10.5 Å². The van der Waals surface area contributed by atoms with Gasteiger partial charge in [0.2, 0.25) is 0 Å². The van der Waals surface area contributed by atoms with Crippen molar-refractivity contribution in [3.8, 4) is 0 Å². The minimum absolute atomic E-state index is 0.0590. The zero-order chi connectivity index (χ0) is 19.7. The Bertz CT molecular complexity index is 922. The first-order valence-electron chi connectivity index (χ1n) is 9.05. The van der Waals surface area contributed by atoms with Crippen LogP contribution in [0.2, 0.25) is 0 Å². The van der Waals surface area contributed by atoms with Crippen molar-refractivity contribution in [2.24, 2.45) is 0 Å². The number of nitrogens with one attached hydrogen (secondary N) is 1. The van der Waals surface area contributed by atoms with E-state index in [2.05, 4.69) is 21.2 Å². The molecular formula is C20H20BrN3O3S. The van der Waals surface area contributed by atoms with E-state index in [0.717, 1.165) is 14.4 Å². The fraction of sp³-hybridized carbons (Fsp3) is 0.300. The van der Waals surface area contributed by atoms with Crippen molar-refractivity contribution < 1.29 is 14.3 Å². The van der Waals surface area contributed by atoms with Gasteiger partial charge in [-0.1, -0.05) is 18.2 Å². The van der Waals surface area contributed by atoms with Crippen LogP contribution in [-0.4, -0.2) is 43.1 Å². The molecule has 0 radical (unpaired) electrons. The Morgan fingerprint density at radius 3 is 2.54 bits per heavy atom. The Morgan fingerprint density at radius 2 is 1.89 bits per heavy atom. The third kappa shape index (κ3) is 3.59. The molecule has 28 heavy (non-hydrogen) atoms. The molecule has 0 saturated carbocycles. The average molecular weight is 462 g/mol. The molecular weight excluding hydrogens is 442 g/mol. The molecule has 6 nitrogen and oxygen atoms in total. The second-order valence-corrected chi connectivity index (χ2v) is 9.09. The number of morpholine rings is 1. The number of anilines is 1. The quantitative estimate of drug-likeness (QED) is 0.753. The van der Waals surface area contributed by atoms with E-state index in [9.17, 15) is 9.59 Å². The summed E-state index contributed by atoms with van der Waals surface area (Å²) in [6.07, 6.45) is 0. The molecule has 1 atom stereocenters. The van der Waals surface area contributed by atoms with Crippen LogP contribution in [0.3, 0.4) is 0 Å². The van der Waals surface area contributed by atoms with E-state index in [1.807, 2.05) is 49.4 Å². The highest BCUT2D eigenvalue weighted by Gasteiger charge is 2.38. The lowest BCUT2D eigenvalue weighted by molar-refractivity contribution is -0.131. The fourth-order valence-electron chi connectivity index (χ4n) is 3.54. The summed E-state index contributed by atoms with van der Waals surface area (Å²) in [6.45, 7) is 4.00. The van der Waals surface area contributed by atoms with Gasteiger partial charge in [-0.25, -0.2) is 4.79 Å². The molecule has 3 heterocycles. The van der Waals surface area contributed by atoms with E-state index >= 15 is 0 Å². The van der Waals surface area contributed by atoms with Gasteiger partial charge in [0.25, 0.3) is 5.91 Å². The third-order valence-corrected chi connectivity index (χ3v) is 6.59. The van der Waals surface area contributed by atoms with E-state index < -0.39 is 6.04 Å². The first-order chi connectivity index (χ1) is 13.6. The van der Waals surface area contributed by atoms with Gasteiger partial charge in [-0.3, -0.25) is 9.69 Å². The lowest BCUT2D eigenvalue weighted by Gasteiger charge is -2.37. The first-order valence-corrected chi connectivity index (χ1v) is 10.7. The van der Waals surface area contributed by atoms with Crippen LogP contribution in [0.15, 0.2) is 57.5 Å². The van der Waals surface area contributed by atoms with Crippen LogP contribution in [0, 0.1) is 0 Å². The number of carbonyl (C=O) groups excluding carboxylic acids is 2. The van der Waals surface area contributed by atoms with Gasteiger partial charge in [-0.05, 0) is 47.1 Å². The average Bonchev–Trinajstić information content (AvgIpc) is 3.15. The first kappa shape index (κ1) is 19.2. The topological polar surface area (TPSA) is 61.9 Å². The normalized spacial score (nSPS) is 20.4. The maximum absolute atomic E-state index is 13.5. The fourth-order valence-corrected chi connectivity index (χ4v) is 5.03. The molecule has 2 aromatic rings. The van der Waals surface area contributed by atoms with Crippen LogP contribution in [0.25, 0.3) is 0 Å². The number of carbonyl (C=O) groups is 2. The molecule has 8 heteroatoms. The monoisotopic (exact) mass is 461 g/mol. The molecule has 4 rings (SSSR count). The number of hydrogen-bond donors (Lipinski definition) is 1. The molecule has 0 aliphatic carbocycles. The molecule has 0 spiro atoms. The van der Waals surface area contributed by atoms with E-state index in [0.29, 0.717) is 37.6 Å². The highest BCUT2D eigenvalue weighted by molar-refractivity contribution is 9.11. The van der Waals surface area contributed by atoms with Gasteiger partial charge in [0.05, 0.1) is 34.3 Å². The number of hydrogen-bond acceptors (Lipinski definition) is 4. The molecule has 1 fully saturated rings.